The van der Waals surface area contributed by atoms with Crippen LogP contribution in [0.3, 0.4) is 0 Å². The summed E-state index contributed by atoms with van der Waals surface area (Å²) in [5, 5.41) is 3.25. The molecule has 3 rings (SSSR count). The third-order valence-corrected chi connectivity index (χ3v) is 6.91. The van der Waals surface area contributed by atoms with E-state index < -0.39 is 10.0 Å². The van der Waals surface area contributed by atoms with Gasteiger partial charge in [0.1, 0.15) is 0 Å². The van der Waals surface area contributed by atoms with Crippen LogP contribution in [0.1, 0.15) is 17.5 Å². The number of hydrogen-bond donors (Lipinski definition) is 1. The zero-order valence-electron chi connectivity index (χ0n) is 17.2. The Morgan fingerprint density at radius 1 is 1.16 bits per heavy atom. The van der Waals surface area contributed by atoms with Crippen molar-refractivity contribution in [3.63, 3.8) is 0 Å². The van der Waals surface area contributed by atoms with Gasteiger partial charge in [0.15, 0.2) is 0 Å². The lowest BCUT2D eigenvalue weighted by atomic mass is 10.1. The Bertz CT molecular complexity index is 1100. The van der Waals surface area contributed by atoms with Crippen LogP contribution in [0, 0.1) is 6.92 Å². The van der Waals surface area contributed by atoms with Crippen LogP contribution in [0.5, 0.6) is 0 Å². The van der Waals surface area contributed by atoms with Crippen LogP contribution >= 0.6 is 11.6 Å². The summed E-state index contributed by atoms with van der Waals surface area (Å²) in [5.41, 5.74) is 1.80. The van der Waals surface area contributed by atoms with Crippen LogP contribution in [0.15, 0.2) is 72.1 Å². The van der Waals surface area contributed by atoms with Crippen molar-refractivity contribution in [2.75, 3.05) is 13.1 Å². The van der Waals surface area contributed by atoms with Crippen molar-refractivity contribution in [2.24, 2.45) is 0 Å². The number of aromatic nitrogens is 2. The van der Waals surface area contributed by atoms with Gasteiger partial charge in [-0.1, -0.05) is 35.9 Å². The van der Waals surface area contributed by atoms with Crippen molar-refractivity contribution in [2.45, 2.75) is 31.3 Å². The SMILES string of the molecule is Cc1ccccc1CN(CC(=O)NCCCn1ccnc1)S(=O)(=O)c1ccc(Cl)cc1. The zero-order chi connectivity index (χ0) is 22.3. The van der Waals surface area contributed by atoms with E-state index >= 15 is 0 Å². The van der Waals surface area contributed by atoms with Gasteiger partial charge in [-0.05, 0) is 48.7 Å². The summed E-state index contributed by atoms with van der Waals surface area (Å²) in [7, 11) is -3.89. The van der Waals surface area contributed by atoms with Gasteiger partial charge >= 0.3 is 0 Å². The van der Waals surface area contributed by atoms with Crippen molar-refractivity contribution in [3.8, 4) is 0 Å². The Morgan fingerprint density at radius 2 is 1.90 bits per heavy atom. The molecule has 1 amide bonds. The van der Waals surface area contributed by atoms with Gasteiger partial charge in [0, 0.05) is 37.1 Å². The largest absolute Gasteiger partial charge is 0.355 e. The molecule has 9 heteroatoms. The maximum Gasteiger partial charge on any atom is 0.243 e. The van der Waals surface area contributed by atoms with Gasteiger partial charge in [-0.15, -0.1) is 0 Å². The summed E-state index contributed by atoms with van der Waals surface area (Å²) in [6.07, 6.45) is 5.97. The first kappa shape index (κ1) is 23.0. The van der Waals surface area contributed by atoms with Crippen LogP contribution in [0.4, 0.5) is 0 Å². The highest BCUT2D eigenvalue weighted by atomic mass is 35.5. The highest BCUT2D eigenvalue weighted by Crippen LogP contribution is 2.21. The smallest absolute Gasteiger partial charge is 0.243 e. The van der Waals surface area contributed by atoms with Crippen molar-refractivity contribution < 1.29 is 13.2 Å². The molecule has 31 heavy (non-hydrogen) atoms. The summed E-state index contributed by atoms with van der Waals surface area (Å²) in [6.45, 7) is 2.90. The normalized spacial score (nSPS) is 11.6. The predicted molar refractivity (Wildman–Crippen MR) is 120 cm³/mol. The van der Waals surface area contributed by atoms with Crippen LogP contribution in [0.2, 0.25) is 5.02 Å². The number of amides is 1. The minimum absolute atomic E-state index is 0.0957. The molecule has 0 spiro atoms. The van der Waals surface area contributed by atoms with Crippen LogP contribution in [0.25, 0.3) is 0 Å². The molecule has 1 aromatic heterocycles. The Kier molecular flexibility index (Phi) is 7.84. The third-order valence-electron chi connectivity index (χ3n) is 4.85. The number of aryl methyl sites for hydroxylation is 2. The van der Waals surface area contributed by atoms with Crippen molar-refractivity contribution in [1.82, 2.24) is 19.2 Å². The van der Waals surface area contributed by atoms with Gasteiger partial charge in [-0.2, -0.15) is 4.31 Å². The number of benzene rings is 2. The molecule has 0 radical (unpaired) electrons. The van der Waals surface area contributed by atoms with E-state index in [1.807, 2.05) is 42.0 Å². The molecule has 1 N–H and O–H groups in total. The summed E-state index contributed by atoms with van der Waals surface area (Å²) >= 11 is 5.91. The maximum atomic E-state index is 13.3. The number of halogens is 1. The lowest BCUT2D eigenvalue weighted by molar-refractivity contribution is -0.121. The van der Waals surface area contributed by atoms with Crippen LogP contribution in [-0.2, 0) is 27.9 Å². The van der Waals surface area contributed by atoms with E-state index in [0.717, 1.165) is 17.7 Å². The zero-order valence-corrected chi connectivity index (χ0v) is 18.8. The molecule has 1 heterocycles. The molecule has 0 saturated heterocycles. The van der Waals surface area contributed by atoms with Gasteiger partial charge in [-0.3, -0.25) is 4.79 Å². The number of hydrogen-bond acceptors (Lipinski definition) is 4. The fourth-order valence-electron chi connectivity index (χ4n) is 3.08. The van der Waals surface area contributed by atoms with E-state index in [4.69, 9.17) is 11.6 Å². The Balaban J connectivity index is 1.71. The minimum Gasteiger partial charge on any atom is -0.355 e. The van der Waals surface area contributed by atoms with Gasteiger partial charge in [0.2, 0.25) is 15.9 Å². The second-order valence-electron chi connectivity index (χ2n) is 7.16. The summed E-state index contributed by atoms with van der Waals surface area (Å²) < 4.78 is 29.7. The molecule has 0 fully saturated rings. The maximum absolute atomic E-state index is 13.3. The highest BCUT2D eigenvalue weighted by Gasteiger charge is 2.27. The fourth-order valence-corrected chi connectivity index (χ4v) is 4.58. The van der Waals surface area contributed by atoms with Crippen LogP contribution in [-0.4, -0.2) is 41.3 Å². The molecule has 0 aliphatic carbocycles. The number of imidazole rings is 1. The Hall–Kier alpha value is -2.68. The number of sulfonamides is 1. The van der Waals surface area contributed by atoms with Gasteiger partial charge in [0.25, 0.3) is 0 Å². The third kappa shape index (κ3) is 6.40. The van der Waals surface area contributed by atoms with E-state index in [1.165, 1.54) is 28.6 Å². The van der Waals surface area contributed by atoms with E-state index in [9.17, 15) is 13.2 Å². The lowest BCUT2D eigenvalue weighted by Gasteiger charge is -2.23. The van der Waals surface area contributed by atoms with E-state index in [0.29, 0.717) is 18.0 Å². The van der Waals surface area contributed by atoms with E-state index in [2.05, 4.69) is 10.3 Å². The Morgan fingerprint density at radius 3 is 2.58 bits per heavy atom. The molecule has 0 atom stereocenters. The molecule has 3 aromatic rings. The molecule has 164 valence electrons. The first-order valence-electron chi connectivity index (χ1n) is 9.89. The number of nitrogens with zero attached hydrogens (tertiary/aromatic N) is 3. The number of rotatable bonds is 10. The summed E-state index contributed by atoms with van der Waals surface area (Å²) in [5.74, 6) is -0.350. The van der Waals surface area contributed by atoms with Gasteiger partial charge in [0.05, 0.1) is 17.8 Å². The van der Waals surface area contributed by atoms with Crippen LogP contribution < -0.4 is 5.32 Å². The summed E-state index contributed by atoms with van der Waals surface area (Å²) in [4.78, 5) is 16.6. The van der Waals surface area contributed by atoms with E-state index in [1.54, 1.807) is 12.5 Å². The topological polar surface area (TPSA) is 84.3 Å². The van der Waals surface area contributed by atoms with Crippen molar-refractivity contribution >= 4 is 27.5 Å². The van der Waals surface area contributed by atoms with Gasteiger partial charge in [-0.25, -0.2) is 13.4 Å². The molecular weight excluding hydrogens is 436 g/mol. The van der Waals surface area contributed by atoms with Gasteiger partial charge < -0.3 is 9.88 Å². The minimum atomic E-state index is -3.89. The molecular formula is C22H25ClN4O3S. The van der Waals surface area contributed by atoms with Crippen molar-refractivity contribution in [3.05, 3.63) is 83.4 Å². The fraction of sp³-hybridized carbons (Fsp3) is 0.273. The monoisotopic (exact) mass is 460 g/mol. The highest BCUT2D eigenvalue weighted by molar-refractivity contribution is 7.89. The summed E-state index contributed by atoms with van der Waals surface area (Å²) in [6, 6.07) is 13.5. The molecule has 0 saturated carbocycles. The number of carbonyl (C=O) groups is 1. The average molecular weight is 461 g/mol. The first-order valence-corrected chi connectivity index (χ1v) is 11.7. The second-order valence-corrected chi connectivity index (χ2v) is 9.53. The first-order chi connectivity index (χ1) is 14.9. The number of carbonyl (C=O) groups excluding carboxylic acids is 1. The quantitative estimate of drug-likeness (QED) is 0.471. The molecule has 0 unspecified atom stereocenters. The Labute approximate surface area is 187 Å². The second kappa shape index (κ2) is 10.6. The average Bonchev–Trinajstić information content (AvgIpc) is 3.26. The molecule has 0 aliphatic heterocycles. The van der Waals surface area contributed by atoms with E-state index in [-0.39, 0.29) is 23.9 Å². The molecule has 0 bridgehead atoms. The number of nitrogens with one attached hydrogen (secondary N) is 1. The molecule has 2 aromatic carbocycles. The molecule has 7 nitrogen and oxygen atoms in total. The predicted octanol–water partition coefficient (Wildman–Crippen LogP) is 3.24. The van der Waals surface area contributed by atoms with Crippen molar-refractivity contribution in [1.29, 1.82) is 0 Å². The lowest BCUT2D eigenvalue weighted by Crippen LogP contribution is -2.40. The molecule has 0 aliphatic rings. The standard InChI is InChI=1S/C22H25ClN4O3S/c1-18-5-2-3-6-19(18)15-27(31(29,30)21-9-7-20(23)8-10-21)16-22(28)25-11-4-13-26-14-12-24-17-26/h2-3,5-10,12,14,17H,4,11,13,15-16H2,1H3,(H,25,28).